The van der Waals surface area contributed by atoms with Crippen molar-refractivity contribution >= 4 is 15.7 Å². The van der Waals surface area contributed by atoms with Crippen LogP contribution < -0.4 is 0 Å². The average molecular weight is 337 g/mol. The van der Waals surface area contributed by atoms with E-state index >= 15 is 0 Å². The molecule has 5 nitrogen and oxygen atoms in total. The van der Waals surface area contributed by atoms with Gasteiger partial charge in [0.1, 0.15) is 0 Å². The van der Waals surface area contributed by atoms with Crippen molar-refractivity contribution in [1.29, 1.82) is 0 Å². The quantitative estimate of drug-likeness (QED) is 0.836. The molecule has 126 valence electrons. The van der Waals surface area contributed by atoms with Crippen LogP contribution in [0.1, 0.15) is 24.8 Å². The Labute approximate surface area is 137 Å². The fourth-order valence-corrected chi connectivity index (χ4v) is 4.65. The summed E-state index contributed by atoms with van der Waals surface area (Å²) in [6.45, 7) is 1.95. The second-order valence-electron chi connectivity index (χ2n) is 6.55. The third-order valence-corrected chi connectivity index (χ3v) is 6.72. The third-order valence-electron chi connectivity index (χ3n) is 5.12. The van der Waals surface area contributed by atoms with Crippen molar-refractivity contribution in [2.24, 2.45) is 0 Å². The molecule has 2 fully saturated rings. The molecule has 0 saturated carbocycles. The Morgan fingerprint density at radius 2 is 1.87 bits per heavy atom. The zero-order valence-electron chi connectivity index (χ0n) is 13.4. The van der Waals surface area contributed by atoms with E-state index in [2.05, 4.69) is 0 Å². The first-order chi connectivity index (χ1) is 10.9. The van der Waals surface area contributed by atoms with E-state index in [4.69, 9.17) is 4.74 Å². The number of benzene rings is 1. The molecular formula is C17H23NO4S. The molecular weight excluding hydrogens is 314 g/mol. The number of nitrogens with zero attached hydrogens (tertiary/aromatic N) is 1. The van der Waals surface area contributed by atoms with Crippen LogP contribution in [0.5, 0.6) is 0 Å². The minimum absolute atomic E-state index is 0.0538. The molecule has 0 bridgehead atoms. The molecule has 0 spiro atoms. The summed E-state index contributed by atoms with van der Waals surface area (Å²) in [5, 5.41) is -0.431. The molecule has 0 aromatic heterocycles. The lowest BCUT2D eigenvalue weighted by atomic mass is 9.73. The molecule has 6 heteroatoms. The van der Waals surface area contributed by atoms with E-state index < -0.39 is 20.5 Å². The molecule has 2 saturated heterocycles. The van der Waals surface area contributed by atoms with Gasteiger partial charge in [-0.25, -0.2) is 8.42 Å². The minimum Gasteiger partial charge on any atom is -0.381 e. The summed E-state index contributed by atoms with van der Waals surface area (Å²) in [5.41, 5.74) is 0.433. The van der Waals surface area contributed by atoms with Gasteiger partial charge in [-0.3, -0.25) is 4.79 Å². The monoisotopic (exact) mass is 337 g/mol. The molecule has 0 N–H and O–H groups in total. The Hall–Kier alpha value is -1.40. The lowest BCUT2D eigenvalue weighted by Gasteiger charge is -2.39. The van der Waals surface area contributed by atoms with Gasteiger partial charge < -0.3 is 9.64 Å². The van der Waals surface area contributed by atoms with Gasteiger partial charge in [-0.15, -0.1) is 0 Å². The van der Waals surface area contributed by atoms with Crippen LogP contribution in [0.2, 0.25) is 0 Å². The van der Waals surface area contributed by atoms with Gasteiger partial charge in [0.15, 0.2) is 9.84 Å². The van der Waals surface area contributed by atoms with Crippen molar-refractivity contribution in [3.63, 3.8) is 0 Å². The lowest BCUT2D eigenvalue weighted by molar-refractivity contribution is -0.140. The summed E-state index contributed by atoms with van der Waals surface area (Å²) in [5.74, 6) is 0.0538. The standard InChI is InChI=1S/C17H23NO4S/c1-23(20,21)15-7-10-18(13-15)16(19)17(8-11-22-12-9-17)14-5-3-2-4-6-14/h2-6,15H,7-13H2,1H3/t15-/m1/s1. The number of carbonyl (C=O) groups is 1. The molecule has 1 aromatic rings. The maximum Gasteiger partial charge on any atom is 0.233 e. The molecule has 0 aliphatic carbocycles. The number of rotatable bonds is 3. The number of amides is 1. The summed E-state index contributed by atoms with van der Waals surface area (Å²) in [6.07, 6.45) is 3.09. The SMILES string of the molecule is CS(=O)(=O)[C@@H]1CCN(C(=O)C2(c3ccccc3)CCOCC2)C1. The van der Waals surface area contributed by atoms with Crippen molar-refractivity contribution in [2.75, 3.05) is 32.6 Å². The van der Waals surface area contributed by atoms with Crippen LogP contribution in [-0.2, 0) is 24.8 Å². The number of hydrogen-bond donors (Lipinski definition) is 0. The topological polar surface area (TPSA) is 63.7 Å². The Morgan fingerprint density at radius 3 is 2.43 bits per heavy atom. The van der Waals surface area contributed by atoms with E-state index in [1.165, 1.54) is 6.26 Å². The van der Waals surface area contributed by atoms with Gasteiger partial charge in [0.05, 0.1) is 10.7 Å². The van der Waals surface area contributed by atoms with Gasteiger partial charge >= 0.3 is 0 Å². The molecule has 1 aromatic carbocycles. The van der Waals surface area contributed by atoms with Gasteiger partial charge in [0, 0.05) is 32.6 Å². The van der Waals surface area contributed by atoms with E-state index in [0.29, 0.717) is 45.6 Å². The van der Waals surface area contributed by atoms with Crippen LogP contribution in [0.25, 0.3) is 0 Å². The summed E-state index contributed by atoms with van der Waals surface area (Å²) in [4.78, 5) is 15.0. The highest BCUT2D eigenvalue weighted by Gasteiger charge is 2.46. The van der Waals surface area contributed by atoms with E-state index in [1.54, 1.807) is 4.90 Å². The van der Waals surface area contributed by atoms with Crippen molar-refractivity contribution in [3.05, 3.63) is 35.9 Å². The number of likely N-dealkylation sites (tertiary alicyclic amines) is 1. The normalized spacial score (nSPS) is 24.6. The second-order valence-corrected chi connectivity index (χ2v) is 8.88. The van der Waals surface area contributed by atoms with Crippen LogP contribution in [0.15, 0.2) is 30.3 Å². The van der Waals surface area contributed by atoms with Crippen LogP contribution in [0.4, 0.5) is 0 Å². The fourth-order valence-electron chi connectivity index (χ4n) is 3.67. The molecule has 3 rings (SSSR count). The highest BCUT2D eigenvalue weighted by molar-refractivity contribution is 7.91. The van der Waals surface area contributed by atoms with Gasteiger partial charge in [0.25, 0.3) is 0 Å². The van der Waals surface area contributed by atoms with E-state index in [1.807, 2.05) is 30.3 Å². The van der Waals surface area contributed by atoms with Gasteiger partial charge in [-0.05, 0) is 24.8 Å². The first-order valence-electron chi connectivity index (χ1n) is 8.05. The highest BCUT2D eigenvalue weighted by atomic mass is 32.2. The zero-order valence-corrected chi connectivity index (χ0v) is 14.2. The number of hydrogen-bond acceptors (Lipinski definition) is 4. The van der Waals surface area contributed by atoms with Crippen molar-refractivity contribution in [1.82, 2.24) is 4.90 Å². The first-order valence-corrected chi connectivity index (χ1v) is 10.0. The molecule has 0 unspecified atom stereocenters. The van der Waals surface area contributed by atoms with E-state index in [0.717, 1.165) is 5.56 Å². The first kappa shape index (κ1) is 16.5. The molecule has 2 aliphatic rings. The Balaban J connectivity index is 1.88. The average Bonchev–Trinajstić information content (AvgIpc) is 3.06. The second kappa shape index (κ2) is 6.24. The van der Waals surface area contributed by atoms with E-state index in [9.17, 15) is 13.2 Å². The molecule has 23 heavy (non-hydrogen) atoms. The van der Waals surface area contributed by atoms with Gasteiger partial charge in [-0.2, -0.15) is 0 Å². The number of carbonyl (C=O) groups excluding carboxylic acids is 1. The maximum atomic E-state index is 13.3. The summed E-state index contributed by atoms with van der Waals surface area (Å²) < 4.78 is 29.0. The Kier molecular flexibility index (Phi) is 4.47. The smallest absolute Gasteiger partial charge is 0.233 e. The fraction of sp³-hybridized carbons (Fsp3) is 0.588. The predicted molar refractivity (Wildman–Crippen MR) is 88.0 cm³/mol. The van der Waals surface area contributed by atoms with Crippen molar-refractivity contribution < 1.29 is 17.9 Å². The highest BCUT2D eigenvalue weighted by Crippen LogP contribution is 2.37. The molecule has 2 aliphatic heterocycles. The maximum absolute atomic E-state index is 13.3. The minimum atomic E-state index is -3.10. The number of ether oxygens (including phenoxy) is 1. The van der Waals surface area contributed by atoms with Crippen molar-refractivity contribution in [3.8, 4) is 0 Å². The number of sulfone groups is 1. The summed E-state index contributed by atoms with van der Waals surface area (Å²) in [6, 6.07) is 9.82. The molecule has 1 amide bonds. The van der Waals surface area contributed by atoms with E-state index in [-0.39, 0.29) is 5.91 Å². The Bertz CT molecular complexity index is 665. The zero-order chi connectivity index (χ0) is 16.5. The largest absolute Gasteiger partial charge is 0.381 e. The molecule has 2 heterocycles. The summed E-state index contributed by atoms with van der Waals surface area (Å²) >= 11 is 0. The van der Waals surface area contributed by atoms with Crippen LogP contribution >= 0.6 is 0 Å². The van der Waals surface area contributed by atoms with Gasteiger partial charge in [0.2, 0.25) is 5.91 Å². The van der Waals surface area contributed by atoms with Crippen LogP contribution in [-0.4, -0.2) is 57.0 Å². The molecule has 1 atom stereocenters. The Morgan fingerprint density at radius 1 is 1.22 bits per heavy atom. The van der Waals surface area contributed by atoms with Crippen LogP contribution in [0, 0.1) is 0 Å². The van der Waals surface area contributed by atoms with Gasteiger partial charge in [-0.1, -0.05) is 30.3 Å². The van der Waals surface area contributed by atoms with Crippen molar-refractivity contribution in [2.45, 2.75) is 29.9 Å². The van der Waals surface area contributed by atoms with Crippen LogP contribution in [0.3, 0.4) is 0 Å². The summed E-state index contributed by atoms with van der Waals surface area (Å²) in [7, 11) is -3.10. The predicted octanol–water partition coefficient (Wildman–Crippen LogP) is 1.38. The molecule has 0 radical (unpaired) electrons. The lowest BCUT2D eigenvalue weighted by Crippen LogP contribution is -2.49. The third kappa shape index (κ3) is 3.15.